The smallest absolute Gasteiger partial charge is 0.242 e. The molecule has 2 heterocycles. The number of carbonyl (C=O) groups excluding carboxylic acids is 1. The van der Waals surface area contributed by atoms with Gasteiger partial charge in [0.1, 0.15) is 18.7 Å². The number of rotatable bonds is 5. The summed E-state index contributed by atoms with van der Waals surface area (Å²) >= 11 is 0. The van der Waals surface area contributed by atoms with Crippen LogP contribution in [0.1, 0.15) is 17.0 Å². The second-order valence-corrected chi connectivity index (χ2v) is 5.32. The van der Waals surface area contributed by atoms with Gasteiger partial charge in [-0.25, -0.2) is 13.8 Å². The lowest BCUT2D eigenvalue weighted by atomic mass is 10.2. The summed E-state index contributed by atoms with van der Waals surface area (Å²) in [6.45, 7) is 4.18. The van der Waals surface area contributed by atoms with Gasteiger partial charge in [-0.05, 0) is 48.5 Å². The summed E-state index contributed by atoms with van der Waals surface area (Å²) in [4.78, 5) is 11.9. The highest BCUT2D eigenvalue weighted by atomic mass is 19.1. The zero-order valence-corrected chi connectivity index (χ0v) is 13.3. The van der Waals surface area contributed by atoms with E-state index in [9.17, 15) is 9.18 Å². The molecular formula is C15H16FN7O. The number of amides is 1. The van der Waals surface area contributed by atoms with Gasteiger partial charge in [-0.3, -0.25) is 4.79 Å². The average Bonchev–Trinajstić information content (AvgIpc) is 3.15. The quantitative estimate of drug-likeness (QED) is 0.752. The first-order valence-electron chi connectivity index (χ1n) is 7.33. The van der Waals surface area contributed by atoms with E-state index >= 15 is 0 Å². The van der Waals surface area contributed by atoms with E-state index in [0.717, 1.165) is 22.6 Å². The molecule has 9 heteroatoms. The van der Waals surface area contributed by atoms with Crippen molar-refractivity contribution in [2.75, 3.05) is 0 Å². The third-order valence-corrected chi connectivity index (χ3v) is 3.67. The zero-order chi connectivity index (χ0) is 17.1. The summed E-state index contributed by atoms with van der Waals surface area (Å²) in [5.41, 5.74) is 3.38. The Morgan fingerprint density at radius 3 is 2.67 bits per heavy atom. The molecule has 0 saturated heterocycles. The van der Waals surface area contributed by atoms with Crippen LogP contribution < -0.4 is 5.32 Å². The fraction of sp³-hybridized carbons (Fsp3) is 0.267. The fourth-order valence-corrected chi connectivity index (χ4v) is 2.41. The van der Waals surface area contributed by atoms with E-state index in [1.165, 1.54) is 23.1 Å². The summed E-state index contributed by atoms with van der Waals surface area (Å²) in [5.74, 6) is -0.494. The number of nitrogens with one attached hydrogen (secondary N) is 1. The average molecular weight is 329 g/mol. The van der Waals surface area contributed by atoms with Crippen LogP contribution in [0.3, 0.4) is 0 Å². The summed E-state index contributed by atoms with van der Waals surface area (Å²) in [7, 11) is 0. The van der Waals surface area contributed by atoms with E-state index in [1.54, 1.807) is 16.8 Å². The van der Waals surface area contributed by atoms with Gasteiger partial charge in [-0.2, -0.15) is 5.10 Å². The first kappa shape index (κ1) is 15.8. The molecule has 24 heavy (non-hydrogen) atoms. The Hall–Kier alpha value is -3.10. The molecule has 0 radical (unpaired) electrons. The Morgan fingerprint density at radius 2 is 2.00 bits per heavy atom. The molecule has 1 N–H and O–H groups in total. The second kappa shape index (κ2) is 6.57. The maximum atomic E-state index is 13.1. The van der Waals surface area contributed by atoms with Gasteiger partial charge in [0.15, 0.2) is 0 Å². The minimum atomic E-state index is -0.296. The fourth-order valence-electron chi connectivity index (χ4n) is 2.41. The summed E-state index contributed by atoms with van der Waals surface area (Å²) in [6, 6.07) is 6.10. The first-order valence-corrected chi connectivity index (χ1v) is 7.33. The van der Waals surface area contributed by atoms with E-state index < -0.39 is 0 Å². The van der Waals surface area contributed by atoms with Gasteiger partial charge < -0.3 is 5.32 Å². The molecule has 0 bridgehead atoms. The Bertz CT molecular complexity index is 840. The molecule has 0 aliphatic heterocycles. The molecule has 0 aliphatic rings. The molecule has 0 fully saturated rings. The minimum absolute atomic E-state index is 0.0528. The minimum Gasteiger partial charge on any atom is -0.350 e. The van der Waals surface area contributed by atoms with Crippen LogP contribution in [0.25, 0.3) is 5.69 Å². The van der Waals surface area contributed by atoms with Crippen LogP contribution in [0, 0.1) is 19.7 Å². The maximum Gasteiger partial charge on any atom is 0.242 e. The highest BCUT2D eigenvalue weighted by molar-refractivity contribution is 5.75. The Kier molecular flexibility index (Phi) is 4.32. The third kappa shape index (κ3) is 3.29. The lowest BCUT2D eigenvalue weighted by Crippen LogP contribution is -2.27. The topological polar surface area (TPSA) is 90.5 Å². The third-order valence-electron chi connectivity index (χ3n) is 3.67. The van der Waals surface area contributed by atoms with Crippen molar-refractivity contribution < 1.29 is 9.18 Å². The number of benzene rings is 1. The van der Waals surface area contributed by atoms with Gasteiger partial charge in [-0.15, -0.1) is 5.10 Å². The van der Waals surface area contributed by atoms with E-state index in [4.69, 9.17) is 0 Å². The SMILES string of the molecule is Cc1nn(-c2ccc(F)cc2)c(C)c1CNC(=O)Cn1cnnn1. The van der Waals surface area contributed by atoms with Crippen molar-refractivity contribution in [3.05, 3.63) is 53.4 Å². The Balaban J connectivity index is 1.72. The van der Waals surface area contributed by atoms with Gasteiger partial charge in [-0.1, -0.05) is 0 Å². The molecule has 124 valence electrons. The molecule has 8 nitrogen and oxygen atoms in total. The van der Waals surface area contributed by atoms with Crippen LogP contribution >= 0.6 is 0 Å². The van der Waals surface area contributed by atoms with E-state index in [2.05, 4.69) is 25.9 Å². The summed E-state index contributed by atoms with van der Waals surface area (Å²) in [5, 5.41) is 17.9. The molecule has 0 spiro atoms. The number of carbonyl (C=O) groups is 1. The lowest BCUT2D eigenvalue weighted by molar-refractivity contribution is -0.122. The Labute approximate surface area is 137 Å². The zero-order valence-electron chi connectivity index (χ0n) is 13.3. The van der Waals surface area contributed by atoms with Gasteiger partial charge in [0.05, 0.1) is 11.4 Å². The summed E-state index contributed by atoms with van der Waals surface area (Å²) < 4.78 is 16.1. The molecule has 3 rings (SSSR count). The van der Waals surface area contributed by atoms with Crippen LogP contribution in [0.4, 0.5) is 4.39 Å². The van der Waals surface area contributed by atoms with Gasteiger partial charge in [0.25, 0.3) is 0 Å². The predicted molar refractivity (Wildman–Crippen MR) is 82.7 cm³/mol. The number of nitrogens with zero attached hydrogens (tertiary/aromatic N) is 6. The number of aryl methyl sites for hydroxylation is 1. The van der Waals surface area contributed by atoms with Gasteiger partial charge in [0.2, 0.25) is 5.91 Å². The van der Waals surface area contributed by atoms with Crippen molar-refractivity contribution >= 4 is 5.91 Å². The van der Waals surface area contributed by atoms with Crippen LogP contribution in [0.15, 0.2) is 30.6 Å². The number of tetrazole rings is 1. The van der Waals surface area contributed by atoms with Gasteiger partial charge >= 0.3 is 0 Å². The van der Waals surface area contributed by atoms with Crippen molar-refractivity contribution in [3.8, 4) is 5.69 Å². The van der Waals surface area contributed by atoms with Crippen LogP contribution in [0.5, 0.6) is 0 Å². The maximum absolute atomic E-state index is 13.1. The van der Waals surface area contributed by atoms with Crippen molar-refractivity contribution in [2.45, 2.75) is 26.9 Å². The van der Waals surface area contributed by atoms with Crippen LogP contribution in [-0.2, 0) is 17.9 Å². The van der Waals surface area contributed by atoms with Crippen molar-refractivity contribution in [3.63, 3.8) is 0 Å². The normalized spacial score (nSPS) is 10.8. The van der Waals surface area contributed by atoms with Gasteiger partial charge in [0, 0.05) is 17.8 Å². The highest BCUT2D eigenvalue weighted by Gasteiger charge is 2.14. The van der Waals surface area contributed by atoms with Crippen molar-refractivity contribution in [2.24, 2.45) is 0 Å². The Morgan fingerprint density at radius 1 is 1.25 bits per heavy atom. The summed E-state index contributed by atoms with van der Waals surface area (Å²) in [6.07, 6.45) is 1.38. The molecule has 0 atom stereocenters. The lowest BCUT2D eigenvalue weighted by Gasteiger charge is -2.07. The van der Waals surface area contributed by atoms with E-state index in [0.29, 0.717) is 6.54 Å². The predicted octanol–water partition coefficient (Wildman–Crippen LogP) is 0.931. The van der Waals surface area contributed by atoms with E-state index in [1.807, 2.05) is 13.8 Å². The van der Waals surface area contributed by atoms with Crippen molar-refractivity contribution in [1.82, 2.24) is 35.3 Å². The molecule has 1 amide bonds. The largest absolute Gasteiger partial charge is 0.350 e. The van der Waals surface area contributed by atoms with Crippen LogP contribution in [-0.4, -0.2) is 35.9 Å². The first-order chi connectivity index (χ1) is 11.5. The second-order valence-electron chi connectivity index (χ2n) is 5.32. The highest BCUT2D eigenvalue weighted by Crippen LogP contribution is 2.18. The van der Waals surface area contributed by atoms with Crippen molar-refractivity contribution in [1.29, 1.82) is 0 Å². The monoisotopic (exact) mass is 329 g/mol. The molecule has 0 unspecified atom stereocenters. The van der Waals surface area contributed by atoms with Crippen LogP contribution in [0.2, 0.25) is 0 Å². The molecule has 3 aromatic rings. The number of hydrogen-bond donors (Lipinski definition) is 1. The molecule has 0 aliphatic carbocycles. The standard InChI is InChI=1S/C15H16FN7O/c1-10-14(7-17-15(24)8-22-9-18-20-21-22)11(2)23(19-10)13-5-3-12(16)4-6-13/h3-6,9H,7-8H2,1-2H3,(H,17,24). The van der Waals surface area contributed by atoms with E-state index in [-0.39, 0.29) is 18.3 Å². The number of hydrogen-bond acceptors (Lipinski definition) is 5. The molecule has 2 aromatic heterocycles. The molecule has 1 aromatic carbocycles. The molecular weight excluding hydrogens is 313 g/mol. The molecule has 0 saturated carbocycles. The number of aromatic nitrogens is 6. The number of halogens is 1.